The van der Waals surface area contributed by atoms with Crippen LogP contribution < -0.4 is 10.0 Å². The van der Waals surface area contributed by atoms with Crippen molar-refractivity contribution in [1.82, 2.24) is 10.0 Å². The number of sulfonamides is 1. The second-order valence-corrected chi connectivity index (χ2v) is 7.98. The van der Waals surface area contributed by atoms with Crippen LogP contribution in [-0.2, 0) is 16.6 Å². The monoisotopic (exact) mass is 330 g/mol. The topological polar surface area (TPSA) is 58.2 Å². The molecule has 1 fully saturated rings. The van der Waals surface area contributed by atoms with Crippen LogP contribution in [0.3, 0.4) is 0 Å². The highest BCUT2D eigenvalue weighted by Crippen LogP contribution is 2.26. The van der Waals surface area contributed by atoms with Gasteiger partial charge in [0.05, 0.1) is 4.90 Å². The van der Waals surface area contributed by atoms with E-state index in [1.165, 1.54) is 0 Å². The van der Waals surface area contributed by atoms with Gasteiger partial charge in [-0.1, -0.05) is 18.5 Å². The minimum absolute atomic E-state index is 0.0506. The molecular weight excluding hydrogens is 308 g/mol. The summed E-state index contributed by atoms with van der Waals surface area (Å²) in [6, 6.07) is 4.91. The molecule has 0 bridgehead atoms. The Hall–Kier alpha value is -0.620. The summed E-state index contributed by atoms with van der Waals surface area (Å²) in [7, 11) is -1.67. The first-order chi connectivity index (χ1) is 9.92. The summed E-state index contributed by atoms with van der Waals surface area (Å²) in [4.78, 5) is 0.288. The maximum atomic E-state index is 12.5. The predicted molar refractivity (Wildman–Crippen MR) is 86.0 cm³/mol. The van der Waals surface area contributed by atoms with Crippen molar-refractivity contribution in [3.05, 3.63) is 28.8 Å². The molecule has 0 atom stereocenters. The number of halogens is 1. The van der Waals surface area contributed by atoms with Gasteiger partial charge in [-0.2, -0.15) is 0 Å². The molecular formula is C15H23ClN2O2S. The number of benzene rings is 1. The molecule has 0 aromatic heterocycles. The molecule has 0 amide bonds. The molecule has 0 radical (unpaired) electrons. The van der Waals surface area contributed by atoms with Crippen LogP contribution >= 0.6 is 11.6 Å². The Morgan fingerprint density at radius 3 is 2.52 bits per heavy atom. The predicted octanol–water partition coefficient (Wildman–Crippen LogP) is 2.92. The summed E-state index contributed by atoms with van der Waals surface area (Å²) >= 11 is 6.08. The standard InChI is InChI=1S/C15H23ClN2O2S/c1-11-3-5-13(6-4-11)18-21(19,20)14-7-8-15(16)12(9-14)10-17-2/h7-9,11,13,17-18H,3-6,10H2,1-2H3. The summed E-state index contributed by atoms with van der Waals surface area (Å²) in [6.07, 6.45) is 3.99. The van der Waals surface area contributed by atoms with Crippen molar-refractivity contribution in [3.63, 3.8) is 0 Å². The molecule has 21 heavy (non-hydrogen) atoms. The molecule has 2 rings (SSSR count). The van der Waals surface area contributed by atoms with Gasteiger partial charge in [0.25, 0.3) is 0 Å². The third-order valence-electron chi connectivity index (χ3n) is 4.03. The first-order valence-corrected chi connectivity index (χ1v) is 9.24. The number of hydrogen-bond acceptors (Lipinski definition) is 3. The lowest BCUT2D eigenvalue weighted by Gasteiger charge is -2.26. The fourth-order valence-electron chi connectivity index (χ4n) is 2.71. The van der Waals surface area contributed by atoms with Gasteiger partial charge in [0.15, 0.2) is 0 Å². The Bertz CT molecular complexity index is 581. The van der Waals surface area contributed by atoms with Crippen molar-refractivity contribution in [2.75, 3.05) is 7.05 Å². The van der Waals surface area contributed by atoms with Crippen LogP contribution in [0, 0.1) is 5.92 Å². The molecule has 1 saturated carbocycles. The first-order valence-electron chi connectivity index (χ1n) is 7.37. The number of nitrogens with one attached hydrogen (secondary N) is 2. The molecule has 1 aromatic carbocycles. The van der Waals surface area contributed by atoms with E-state index in [4.69, 9.17) is 11.6 Å². The van der Waals surface area contributed by atoms with Gasteiger partial charge in [-0.3, -0.25) is 0 Å². The lowest BCUT2D eigenvalue weighted by Crippen LogP contribution is -2.37. The van der Waals surface area contributed by atoms with E-state index in [-0.39, 0.29) is 10.9 Å². The molecule has 1 aliphatic rings. The van der Waals surface area contributed by atoms with E-state index in [1.807, 2.05) is 0 Å². The Balaban J connectivity index is 2.13. The molecule has 2 N–H and O–H groups in total. The Labute approximate surface area is 132 Å². The van der Waals surface area contributed by atoms with Crippen LogP contribution in [0.1, 0.15) is 38.2 Å². The second kappa shape index (κ2) is 7.09. The molecule has 1 aliphatic carbocycles. The highest BCUT2D eigenvalue weighted by Gasteiger charge is 2.24. The van der Waals surface area contributed by atoms with E-state index >= 15 is 0 Å². The summed E-state index contributed by atoms with van der Waals surface area (Å²) < 4.78 is 27.8. The van der Waals surface area contributed by atoms with E-state index < -0.39 is 10.0 Å². The van der Waals surface area contributed by atoms with E-state index in [0.717, 1.165) is 31.2 Å². The highest BCUT2D eigenvalue weighted by molar-refractivity contribution is 7.89. The van der Waals surface area contributed by atoms with Gasteiger partial charge in [0, 0.05) is 17.6 Å². The van der Waals surface area contributed by atoms with Crippen molar-refractivity contribution in [1.29, 1.82) is 0 Å². The van der Waals surface area contributed by atoms with Gasteiger partial charge in [-0.25, -0.2) is 13.1 Å². The van der Waals surface area contributed by atoms with Crippen molar-refractivity contribution in [3.8, 4) is 0 Å². The third-order valence-corrected chi connectivity index (χ3v) is 5.92. The SMILES string of the molecule is CNCc1cc(S(=O)(=O)NC2CCC(C)CC2)ccc1Cl. The summed E-state index contributed by atoms with van der Waals surface area (Å²) in [5, 5.41) is 3.57. The minimum Gasteiger partial charge on any atom is -0.316 e. The van der Waals surface area contributed by atoms with Gasteiger partial charge in [0.2, 0.25) is 10.0 Å². The lowest BCUT2D eigenvalue weighted by molar-refractivity contribution is 0.332. The quantitative estimate of drug-likeness (QED) is 0.872. The average molecular weight is 331 g/mol. The summed E-state index contributed by atoms with van der Waals surface area (Å²) in [5.74, 6) is 0.698. The van der Waals surface area contributed by atoms with Crippen LogP contribution in [0.15, 0.2) is 23.1 Å². The highest BCUT2D eigenvalue weighted by atomic mass is 35.5. The van der Waals surface area contributed by atoms with Crippen LogP contribution in [0.4, 0.5) is 0 Å². The molecule has 1 aromatic rings. The molecule has 6 heteroatoms. The average Bonchev–Trinajstić information content (AvgIpc) is 2.43. The van der Waals surface area contributed by atoms with Crippen LogP contribution in [-0.4, -0.2) is 21.5 Å². The second-order valence-electron chi connectivity index (χ2n) is 5.86. The van der Waals surface area contributed by atoms with Crippen molar-refractivity contribution >= 4 is 21.6 Å². The normalized spacial score (nSPS) is 23.2. The maximum absolute atomic E-state index is 12.5. The fraction of sp³-hybridized carbons (Fsp3) is 0.600. The molecule has 4 nitrogen and oxygen atoms in total. The van der Waals surface area contributed by atoms with Gasteiger partial charge in [-0.15, -0.1) is 0 Å². The van der Waals surface area contributed by atoms with Crippen LogP contribution in [0.25, 0.3) is 0 Å². The fourth-order valence-corrected chi connectivity index (χ4v) is 4.25. The zero-order valence-electron chi connectivity index (χ0n) is 12.5. The van der Waals surface area contributed by atoms with Gasteiger partial charge >= 0.3 is 0 Å². The lowest BCUT2D eigenvalue weighted by atomic mass is 9.88. The van der Waals surface area contributed by atoms with Gasteiger partial charge < -0.3 is 5.32 Å². The Morgan fingerprint density at radius 2 is 1.90 bits per heavy atom. The van der Waals surface area contributed by atoms with E-state index in [1.54, 1.807) is 25.2 Å². The molecule has 0 spiro atoms. The van der Waals surface area contributed by atoms with E-state index in [9.17, 15) is 8.42 Å². The zero-order valence-corrected chi connectivity index (χ0v) is 14.1. The minimum atomic E-state index is -3.47. The zero-order chi connectivity index (χ0) is 15.5. The van der Waals surface area contributed by atoms with Gasteiger partial charge in [0.1, 0.15) is 0 Å². The van der Waals surface area contributed by atoms with Gasteiger partial charge in [-0.05, 0) is 62.4 Å². The summed E-state index contributed by atoms with van der Waals surface area (Å²) in [6.45, 7) is 2.76. The summed E-state index contributed by atoms with van der Waals surface area (Å²) in [5.41, 5.74) is 0.791. The van der Waals surface area contributed by atoms with E-state index in [0.29, 0.717) is 17.5 Å². The van der Waals surface area contributed by atoms with Crippen LogP contribution in [0.2, 0.25) is 5.02 Å². The van der Waals surface area contributed by atoms with Crippen LogP contribution in [0.5, 0.6) is 0 Å². The molecule has 0 heterocycles. The smallest absolute Gasteiger partial charge is 0.240 e. The number of hydrogen-bond donors (Lipinski definition) is 2. The third kappa shape index (κ3) is 4.42. The Kier molecular flexibility index (Phi) is 5.66. The van der Waals surface area contributed by atoms with Crippen molar-refractivity contribution in [2.24, 2.45) is 5.92 Å². The van der Waals surface area contributed by atoms with Crippen molar-refractivity contribution < 1.29 is 8.42 Å². The molecule has 0 aliphatic heterocycles. The molecule has 118 valence electrons. The molecule has 0 saturated heterocycles. The Morgan fingerprint density at radius 1 is 1.24 bits per heavy atom. The van der Waals surface area contributed by atoms with E-state index in [2.05, 4.69) is 17.0 Å². The maximum Gasteiger partial charge on any atom is 0.240 e. The largest absolute Gasteiger partial charge is 0.316 e. The van der Waals surface area contributed by atoms with Crippen molar-refractivity contribution in [2.45, 2.75) is 50.1 Å². The molecule has 0 unspecified atom stereocenters. The number of rotatable bonds is 5. The first kappa shape index (κ1) is 16.7.